The van der Waals surface area contributed by atoms with E-state index < -0.39 is 6.36 Å². The van der Waals surface area contributed by atoms with Gasteiger partial charge in [0.15, 0.2) is 0 Å². The van der Waals surface area contributed by atoms with E-state index in [-0.39, 0.29) is 23.7 Å². The highest BCUT2D eigenvalue weighted by molar-refractivity contribution is 5.98. The molecule has 10 heteroatoms. The molecule has 2 aromatic heterocycles. The third-order valence-corrected chi connectivity index (χ3v) is 5.19. The number of rotatable bonds is 4. The minimum absolute atomic E-state index is 0.0289. The highest BCUT2D eigenvalue weighted by Crippen LogP contribution is 2.32. The van der Waals surface area contributed by atoms with Crippen LogP contribution in [0, 0.1) is 0 Å². The third kappa shape index (κ3) is 4.38. The fourth-order valence-electron chi connectivity index (χ4n) is 3.66. The molecule has 3 aromatic rings. The maximum atomic E-state index is 12.4. The molecule has 1 fully saturated rings. The van der Waals surface area contributed by atoms with Gasteiger partial charge in [0.1, 0.15) is 11.6 Å². The minimum Gasteiger partial charge on any atom is -0.406 e. The number of halogens is 3. The van der Waals surface area contributed by atoms with Crippen LogP contribution < -0.4 is 21.5 Å². The van der Waals surface area contributed by atoms with Crippen molar-refractivity contribution >= 4 is 22.7 Å². The Kier molecular flexibility index (Phi) is 5.33. The standard InChI is InChI=1S/C20H21F3N6O/c21-20(22,23)30-12-7-5-11(6-8-12)13-9-26-18(25)14-10-27-19(29-17(13)14)28-16-4-2-1-3-15(16)24/h5-10,15-16H,1-4,24H2,(H2,25,26)(H,27,28,29)/t15-,16+/m0/s1. The summed E-state index contributed by atoms with van der Waals surface area (Å²) >= 11 is 0. The lowest BCUT2D eigenvalue weighted by Gasteiger charge is -2.29. The van der Waals surface area contributed by atoms with Gasteiger partial charge in [0, 0.05) is 30.0 Å². The maximum Gasteiger partial charge on any atom is 0.573 e. The number of ether oxygens (including phenoxy) is 1. The lowest BCUT2D eigenvalue weighted by molar-refractivity contribution is -0.274. The number of hydrogen-bond acceptors (Lipinski definition) is 7. The van der Waals surface area contributed by atoms with Crippen LogP contribution in [0.2, 0.25) is 0 Å². The molecule has 0 radical (unpaired) electrons. The van der Waals surface area contributed by atoms with Crippen molar-refractivity contribution in [3.63, 3.8) is 0 Å². The topological polar surface area (TPSA) is 112 Å². The van der Waals surface area contributed by atoms with E-state index in [1.54, 1.807) is 12.4 Å². The molecule has 1 aliphatic rings. The Morgan fingerprint density at radius 2 is 1.77 bits per heavy atom. The Bertz CT molecular complexity index is 1040. The van der Waals surface area contributed by atoms with E-state index in [1.807, 2.05) is 0 Å². The monoisotopic (exact) mass is 418 g/mol. The molecule has 0 amide bonds. The Morgan fingerprint density at radius 1 is 1.03 bits per heavy atom. The smallest absolute Gasteiger partial charge is 0.406 e. The molecule has 2 heterocycles. The van der Waals surface area contributed by atoms with Crippen LogP contribution in [0.1, 0.15) is 25.7 Å². The third-order valence-electron chi connectivity index (χ3n) is 5.19. The van der Waals surface area contributed by atoms with Crippen molar-refractivity contribution in [1.29, 1.82) is 0 Å². The van der Waals surface area contributed by atoms with Gasteiger partial charge in [-0.15, -0.1) is 13.2 Å². The van der Waals surface area contributed by atoms with Crippen LogP contribution in [-0.2, 0) is 0 Å². The quantitative estimate of drug-likeness (QED) is 0.590. The highest BCUT2D eigenvalue weighted by atomic mass is 19.4. The number of nitrogens with zero attached hydrogens (tertiary/aromatic N) is 3. The van der Waals surface area contributed by atoms with Gasteiger partial charge in [-0.3, -0.25) is 0 Å². The summed E-state index contributed by atoms with van der Waals surface area (Å²) in [4.78, 5) is 13.1. The van der Waals surface area contributed by atoms with Gasteiger partial charge in [0.05, 0.1) is 10.9 Å². The number of nitrogen functional groups attached to an aromatic ring is 1. The summed E-state index contributed by atoms with van der Waals surface area (Å²) in [5.41, 5.74) is 14.0. The van der Waals surface area contributed by atoms with Gasteiger partial charge in [-0.05, 0) is 30.5 Å². The van der Waals surface area contributed by atoms with Crippen molar-refractivity contribution in [2.45, 2.75) is 44.1 Å². The predicted octanol–water partition coefficient (Wildman–Crippen LogP) is 3.85. The molecule has 1 aromatic carbocycles. The summed E-state index contributed by atoms with van der Waals surface area (Å²) in [5.74, 6) is 0.391. The number of hydrogen-bond donors (Lipinski definition) is 3. The lowest BCUT2D eigenvalue weighted by Crippen LogP contribution is -2.42. The number of fused-ring (bicyclic) bond motifs is 1. The van der Waals surface area contributed by atoms with E-state index in [2.05, 4.69) is 25.0 Å². The average Bonchev–Trinajstić information content (AvgIpc) is 2.70. The minimum atomic E-state index is -4.75. The molecule has 4 rings (SSSR count). The molecule has 0 spiro atoms. The SMILES string of the molecule is Nc1ncc(-c2ccc(OC(F)(F)F)cc2)c2nc(N[C@@H]3CCCC[C@@H]3N)ncc12. The number of benzene rings is 1. The van der Waals surface area contributed by atoms with E-state index in [0.717, 1.165) is 25.7 Å². The Morgan fingerprint density at radius 3 is 2.47 bits per heavy atom. The lowest BCUT2D eigenvalue weighted by atomic mass is 9.91. The van der Waals surface area contributed by atoms with Crippen molar-refractivity contribution in [1.82, 2.24) is 15.0 Å². The van der Waals surface area contributed by atoms with Crippen molar-refractivity contribution < 1.29 is 17.9 Å². The first kappa shape index (κ1) is 20.1. The van der Waals surface area contributed by atoms with E-state index in [9.17, 15) is 13.2 Å². The zero-order valence-electron chi connectivity index (χ0n) is 16.0. The fraction of sp³-hybridized carbons (Fsp3) is 0.350. The van der Waals surface area contributed by atoms with Gasteiger partial charge in [-0.1, -0.05) is 25.0 Å². The van der Waals surface area contributed by atoms with Gasteiger partial charge in [-0.2, -0.15) is 0 Å². The van der Waals surface area contributed by atoms with Crippen LogP contribution in [0.4, 0.5) is 24.9 Å². The number of nitrogens with two attached hydrogens (primary N) is 2. The summed E-state index contributed by atoms with van der Waals surface area (Å²) < 4.78 is 41.1. The molecular weight excluding hydrogens is 397 g/mol. The first-order chi connectivity index (χ1) is 14.3. The van der Waals surface area contributed by atoms with Crippen LogP contribution in [0.25, 0.3) is 22.0 Å². The second-order valence-corrected chi connectivity index (χ2v) is 7.28. The molecular formula is C20H21F3N6O. The van der Waals surface area contributed by atoms with E-state index in [1.165, 1.54) is 24.3 Å². The number of alkyl halides is 3. The maximum absolute atomic E-state index is 12.4. The van der Waals surface area contributed by atoms with Crippen LogP contribution >= 0.6 is 0 Å². The summed E-state index contributed by atoms with van der Waals surface area (Å²) in [7, 11) is 0. The Hall–Kier alpha value is -3.14. The molecule has 0 bridgehead atoms. The molecule has 158 valence electrons. The molecule has 2 atom stereocenters. The van der Waals surface area contributed by atoms with Gasteiger partial charge in [0.2, 0.25) is 5.95 Å². The summed E-state index contributed by atoms with van der Waals surface area (Å²) in [6, 6.07) is 5.62. The molecule has 0 unspecified atom stereocenters. The molecule has 5 N–H and O–H groups in total. The van der Waals surface area contributed by atoms with Gasteiger partial charge < -0.3 is 21.5 Å². The van der Waals surface area contributed by atoms with Gasteiger partial charge in [-0.25, -0.2) is 15.0 Å². The van der Waals surface area contributed by atoms with E-state index in [4.69, 9.17) is 11.5 Å². The molecule has 0 saturated heterocycles. The Labute approximate surface area is 170 Å². The molecule has 30 heavy (non-hydrogen) atoms. The molecule has 1 saturated carbocycles. The van der Waals surface area contributed by atoms with Crippen LogP contribution in [0.3, 0.4) is 0 Å². The molecule has 7 nitrogen and oxygen atoms in total. The summed E-state index contributed by atoms with van der Waals surface area (Å²) in [6.45, 7) is 0. The highest BCUT2D eigenvalue weighted by Gasteiger charge is 2.31. The molecule has 1 aliphatic carbocycles. The van der Waals surface area contributed by atoms with E-state index in [0.29, 0.717) is 28.0 Å². The van der Waals surface area contributed by atoms with Crippen molar-refractivity contribution in [3.05, 3.63) is 36.7 Å². The summed E-state index contributed by atoms with van der Waals surface area (Å²) in [6.07, 6.45) is 2.47. The summed E-state index contributed by atoms with van der Waals surface area (Å²) in [5, 5.41) is 3.86. The zero-order valence-corrected chi connectivity index (χ0v) is 16.0. The van der Waals surface area contributed by atoms with Crippen LogP contribution in [-0.4, -0.2) is 33.4 Å². The number of anilines is 2. The second kappa shape index (κ2) is 7.94. The van der Waals surface area contributed by atoms with Crippen LogP contribution in [0.15, 0.2) is 36.7 Å². The number of pyridine rings is 1. The zero-order chi connectivity index (χ0) is 21.3. The average molecular weight is 418 g/mol. The predicted molar refractivity (Wildman–Crippen MR) is 108 cm³/mol. The van der Waals surface area contributed by atoms with Crippen LogP contribution in [0.5, 0.6) is 5.75 Å². The Balaban J connectivity index is 1.68. The first-order valence-electron chi connectivity index (χ1n) is 9.60. The van der Waals surface area contributed by atoms with Gasteiger partial charge in [0.25, 0.3) is 0 Å². The van der Waals surface area contributed by atoms with Crippen molar-refractivity contribution in [3.8, 4) is 16.9 Å². The normalized spacial score (nSPS) is 19.6. The first-order valence-corrected chi connectivity index (χ1v) is 9.60. The largest absolute Gasteiger partial charge is 0.573 e. The fourth-order valence-corrected chi connectivity index (χ4v) is 3.66. The second-order valence-electron chi connectivity index (χ2n) is 7.28. The van der Waals surface area contributed by atoms with Crippen molar-refractivity contribution in [2.75, 3.05) is 11.1 Å². The number of aromatic nitrogens is 3. The number of nitrogens with one attached hydrogen (secondary N) is 1. The molecule has 0 aliphatic heterocycles. The van der Waals surface area contributed by atoms with Gasteiger partial charge >= 0.3 is 6.36 Å². The van der Waals surface area contributed by atoms with E-state index >= 15 is 0 Å². The van der Waals surface area contributed by atoms with Crippen molar-refractivity contribution in [2.24, 2.45) is 5.73 Å².